The molecule has 0 saturated heterocycles. The van der Waals surface area contributed by atoms with Crippen LogP contribution in [0.4, 0.5) is 16.2 Å². The minimum absolute atomic E-state index is 0.133. The predicted molar refractivity (Wildman–Crippen MR) is 132 cm³/mol. The van der Waals surface area contributed by atoms with Crippen LogP contribution in [0.2, 0.25) is 5.15 Å². The number of alkyl carbamates (subject to hydrolysis) is 1. The van der Waals surface area contributed by atoms with E-state index < -0.39 is 17.7 Å². The van der Waals surface area contributed by atoms with Crippen LogP contribution in [0.15, 0.2) is 49.6 Å². The van der Waals surface area contributed by atoms with E-state index in [0.717, 1.165) is 0 Å². The van der Waals surface area contributed by atoms with E-state index in [2.05, 4.69) is 34.0 Å². The Hall–Kier alpha value is -3.39. The number of allylic oxidation sites excluding steroid dienone is 1. The molecule has 9 heteroatoms. The molecule has 0 aliphatic heterocycles. The van der Waals surface area contributed by atoms with Crippen LogP contribution in [-0.2, 0) is 9.53 Å². The summed E-state index contributed by atoms with van der Waals surface area (Å²) in [7, 11) is 0. The number of carbonyl (C=O) groups excluding carboxylic acids is 2. The molecular formula is C24H30ClN5O3. The van der Waals surface area contributed by atoms with E-state index >= 15 is 0 Å². The maximum atomic E-state index is 12.4. The molecule has 0 fully saturated rings. The van der Waals surface area contributed by atoms with Crippen molar-refractivity contribution < 1.29 is 14.3 Å². The second kappa shape index (κ2) is 11.5. The Morgan fingerprint density at radius 2 is 1.94 bits per heavy atom. The Balaban J connectivity index is 2.42. The molecule has 0 aliphatic carbocycles. The maximum absolute atomic E-state index is 12.4. The summed E-state index contributed by atoms with van der Waals surface area (Å²) in [6, 6.07) is 6.26. The lowest BCUT2D eigenvalue weighted by molar-refractivity contribution is -0.116. The van der Waals surface area contributed by atoms with Gasteiger partial charge in [-0.25, -0.2) is 4.79 Å². The number of nitrogens with one attached hydrogen (secondary N) is 2. The van der Waals surface area contributed by atoms with Crippen LogP contribution in [0.5, 0.6) is 0 Å². The number of carbonyl (C=O) groups is 2. The van der Waals surface area contributed by atoms with E-state index in [1.807, 2.05) is 0 Å². The van der Waals surface area contributed by atoms with Gasteiger partial charge in [-0.15, -0.1) is 23.4 Å². The van der Waals surface area contributed by atoms with Crippen molar-refractivity contribution in [2.45, 2.75) is 51.7 Å². The molecule has 2 aromatic rings. The average molecular weight is 472 g/mol. The second-order valence-corrected chi connectivity index (χ2v) is 8.74. The number of nitrogens with two attached hydrogens (primary N) is 1. The lowest BCUT2D eigenvalue weighted by Gasteiger charge is -2.24. The SMILES string of the molecule is C=CCCC(=O)Nc1cc(N)ccc1-c1cc(C(CC=C)NC(=O)OC(C)(C)C)c(Cl)nn1. The van der Waals surface area contributed by atoms with E-state index in [1.165, 1.54) is 0 Å². The number of anilines is 2. The van der Waals surface area contributed by atoms with Crippen molar-refractivity contribution in [3.63, 3.8) is 0 Å². The van der Waals surface area contributed by atoms with Gasteiger partial charge in [0.1, 0.15) is 5.60 Å². The number of halogens is 1. The van der Waals surface area contributed by atoms with E-state index in [1.54, 1.807) is 57.2 Å². The summed E-state index contributed by atoms with van der Waals surface area (Å²) in [4.78, 5) is 24.7. The molecule has 0 saturated carbocycles. The molecule has 176 valence electrons. The van der Waals surface area contributed by atoms with Gasteiger partial charge in [0.05, 0.1) is 17.4 Å². The topological polar surface area (TPSA) is 119 Å². The Kier molecular flexibility index (Phi) is 8.99. The van der Waals surface area contributed by atoms with Crippen molar-refractivity contribution >= 4 is 35.0 Å². The number of aromatic nitrogens is 2. The number of amides is 2. The second-order valence-electron chi connectivity index (χ2n) is 8.38. The first-order chi connectivity index (χ1) is 15.5. The van der Waals surface area contributed by atoms with Gasteiger partial charge in [0.2, 0.25) is 5.91 Å². The van der Waals surface area contributed by atoms with Gasteiger partial charge in [-0.05, 0) is 57.9 Å². The molecule has 1 aromatic carbocycles. The molecule has 0 radical (unpaired) electrons. The van der Waals surface area contributed by atoms with Gasteiger partial charge in [-0.1, -0.05) is 23.8 Å². The number of rotatable bonds is 9. The molecule has 0 bridgehead atoms. The predicted octanol–water partition coefficient (Wildman–Crippen LogP) is 5.43. The Morgan fingerprint density at radius 3 is 2.58 bits per heavy atom. The van der Waals surface area contributed by atoms with Gasteiger partial charge in [-0.3, -0.25) is 4.79 Å². The third kappa shape index (κ3) is 7.91. The van der Waals surface area contributed by atoms with Gasteiger partial charge < -0.3 is 21.1 Å². The zero-order chi connectivity index (χ0) is 24.6. The highest BCUT2D eigenvalue weighted by atomic mass is 35.5. The highest BCUT2D eigenvalue weighted by Gasteiger charge is 2.23. The lowest BCUT2D eigenvalue weighted by atomic mass is 10.0. The molecule has 1 heterocycles. The minimum Gasteiger partial charge on any atom is -0.444 e. The third-order valence-electron chi connectivity index (χ3n) is 4.41. The Morgan fingerprint density at radius 1 is 1.21 bits per heavy atom. The first-order valence-electron chi connectivity index (χ1n) is 10.5. The standard InChI is InChI=1S/C24H30ClN5O3/c1-6-8-10-21(31)27-19-13-15(26)11-12-16(19)20-14-17(22(25)30-29-20)18(9-7-2)28-23(32)33-24(3,4)5/h6-7,11-14,18H,1-2,8-10,26H2,3-5H3,(H,27,31)(H,28,32). The summed E-state index contributed by atoms with van der Waals surface area (Å²) in [6.45, 7) is 12.7. The van der Waals surface area contributed by atoms with Crippen molar-refractivity contribution in [3.05, 3.63) is 60.3 Å². The number of nitrogens with zero attached hydrogens (tertiary/aromatic N) is 2. The molecule has 8 nitrogen and oxygen atoms in total. The van der Waals surface area contributed by atoms with Crippen molar-refractivity contribution in [3.8, 4) is 11.3 Å². The molecular weight excluding hydrogens is 442 g/mol. The van der Waals surface area contributed by atoms with E-state index in [-0.39, 0.29) is 17.5 Å². The number of hydrogen-bond acceptors (Lipinski definition) is 6. The molecule has 2 amide bonds. The van der Waals surface area contributed by atoms with E-state index in [9.17, 15) is 9.59 Å². The fourth-order valence-corrected chi connectivity index (χ4v) is 3.21. The van der Waals surface area contributed by atoms with E-state index in [0.29, 0.717) is 41.0 Å². The quantitative estimate of drug-likeness (QED) is 0.331. The van der Waals surface area contributed by atoms with Crippen LogP contribution >= 0.6 is 11.6 Å². The molecule has 0 aliphatic rings. The first kappa shape index (κ1) is 25.9. The number of hydrogen-bond donors (Lipinski definition) is 3. The highest BCUT2D eigenvalue weighted by molar-refractivity contribution is 6.30. The maximum Gasteiger partial charge on any atom is 0.408 e. The van der Waals surface area contributed by atoms with Crippen LogP contribution in [0.1, 0.15) is 51.6 Å². The first-order valence-corrected chi connectivity index (χ1v) is 10.9. The number of ether oxygens (including phenoxy) is 1. The van der Waals surface area contributed by atoms with Gasteiger partial charge in [0, 0.05) is 23.2 Å². The van der Waals surface area contributed by atoms with Crippen LogP contribution in [0.25, 0.3) is 11.3 Å². The zero-order valence-corrected chi connectivity index (χ0v) is 19.9. The molecule has 2 rings (SSSR count). The monoisotopic (exact) mass is 471 g/mol. The Labute approximate surface area is 199 Å². The third-order valence-corrected chi connectivity index (χ3v) is 4.71. The number of nitrogen functional groups attached to an aromatic ring is 1. The lowest BCUT2D eigenvalue weighted by Crippen LogP contribution is -2.35. The van der Waals surface area contributed by atoms with Crippen molar-refractivity contribution in [2.24, 2.45) is 0 Å². The Bertz CT molecular complexity index is 1030. The smallest absolute Gasteiger partial charge is 0.408 e. The summed E-state index contributed by atoms with van der Waals surface area (Å²) >= 11 is 6.34. The van der Waals surface area contributed by atoms with Gasteiger partial charge in [-0.2, -0.15) is 0 Å². The summed E-state index contributed by atoms with van der Waals surface area (Å²) in [5.74, 6) is -0.181. The van der Waals surface area contributed by atoms with Crippen LogP contribution in [0.3, 0.4) is 0 Å². The number of benzene rings is 1. The van der Waals surface area contributed by atoms with Gasteiger partial charge in [0.15, 0.2) is 5.15 Å². The largest absolute Gasteiger partial charge is 0.444 e. The fraction of sp³-hybridized carbons (Fsp3) is 0.333. The summed E-state index contributed by atoms with van der Waals surface area (Å²) in [5, 5.41) is 14.1. The minimum atomic E-state index is -0.656. The van der Waals surface area contributed by atoms with Crippen LogP contribution < -0.4 is 16.4 Å². The van der Waals surface area contributed by atoms with Crippen molar-refractivity contribution in [1.29, 1.82) is 0 Å². The van der Waals surface area contributed by atoms with Gasteiger partial charge in [0.25, 0.3) is 0 Å². The van der Waals surface area contributed by atoms with Crippen LogP contribution in [0, 0.1) is 0 Å². The summed E-state index contributed by atoms with van der Waals surface area (Å²) < 4.78 is 5.37. The molecule has 0 spiro atoms. The normalized spacial score (nSPS) is 11.9. The fourth-order valence-electron chi connectivity index (χ4n) is 2.98. The summed E-state index contributed by atoms with van der Waals surface area (Å²) in [6.07, 6.45) is 3.97. The average Bonchev–Trinajstić information content (AvgIpc) is 2.71. The zero-order valence-electron chi connectivity index (χ0n) is 19.2. The molecule has 1 aromatic heterocycles. The van der Waals surface area contributed by atoms with Crippen molar-refractivity contribution in [2.75, 3.05) is 11.1 Å². The van der Waals surface area contributed by atoms with Crippen molar-refractivity contribution in [1.82, 2.24) is 15.5 Å². The molecule has 33 heavy (non-hydrogen) atoms. The van der Waals surface area contributed by atoms with Crippen LogP contribution in [-0.4, -0.2) is 27.8 Å². The summed E-state index contributed by atoms with van der Waals surface area (Å²) in [5.41, 5.74) is 7.85. The molecule has 1 unspecified atom stereocenters. The molecule has 1 atom stereocenters. The molecule has 4 N–H and O–H groups in total. The van der Waals surface area contributed by atoms with Gasteiger partial charge >= 0.3 is 6.09 Å². The highest BCUT2D eigenvalue weighted by Crippen LogP contribution is 2.33. The van der Waals surface area contributed by atoms with E-state index in [4.69, 9.17) is 22.1 Å².